The van der Waals surface area contributed by atoms with E-state index >= 15 is 0 Å². The van der Waals surface area contributed by atoms with E-state index in [0.717, 1.165) is 33.8 Å². The average Bonchev–Trinajstić information content (AvgIpc) is 1.86. The maximum atomic E-state index is 8.15. The summed E-state index contributed by atoms with van der Waals surface area (Å²) < 4.78 is 4.53. The Morgan fingerprint density at radius 1 is 1.56 bits per heavy atom. The molecule has 0 aliphatic rings. The molecule has 0 fully saturated rings. The van der Waals surface area contributed by atoms with Crippen LogP contribution in [0.1, 0.15) is 12.8 Å². The van der Waals surface area contributed by atoms with Crippen LogP contribution in [0.15, 0.2) is 12.7 Å². The van der Waals surface area contributed by atoms with Crippen LogP contribution < -0.4 is 0 Å². The van der Waals surface area contributed by atoms with E-state index in [1.54, 1.807) is 6.08 Å². The van der Waals surface area contributed by atoms with Crippen molar-refractivity contribution in [2.45, 2.75) is 12.8 Å². The van der Waals surface area contributed by atoms with Gasteiger partial charge in [0, 0.05) is 6.61 Å². The van der Waals surface area contributed by atoms with Crippen LogP contribution in [0.4, 0.5) is 0 Å². The fraction of sp³-hybridized carbons (Fsp3) is 0.600. The Morgan fingerprint density at radius 2 is 2.00 bits per heavy atom. The van der Waals surface area contributed by atoms with Crippen LogP contribution in [0.2, 0.25) is 0 Å². The van der Waals surface area contributed by atoms with Gasteiger partial charge in [-0.05, 0) is 12.8 Å². The van der Waals surface area contributed by atoms with Crippen LogP contribution in [0.5, 0.6) is 0 Å². The summed E-state index contributed by atoms with van der Waals surface area (Å²) in [6.07, 6.45) is 3.58. The lowest BCUT2D eigenvalue weighted by Crippen LogP contribution is -1.76. The molecule has 9 heavy (non-hydrogen) atoms. The van der Waals surface area contributed by atoms with Crippen LogP contribution >= 0.6 is 0 Å². The second-order valence-electron chi connectivity index (χ2n) is 1.56. The fourth-order valence-electron chi connectivity index (χ4n) is 0.236. The Bertz CT molecular complexity index is 50.2. The molecule has 0 aromatic carbocycles. The van der Waals surface area contributed by atoms with Gasteiger partial charge in [0.2, 0.25) is 0 Å². The summed E-state index contributed by atoms with van der Waals surface area (Å²) in [5.41, 5.74) is 0. The minimum atomic E-state index is 0.284. The van der Waals surface area contributed by atoms with Crippen molar-refractivity contribution in [1.82, 2.24) is 0 Å². The number of hydrogen-bond donors (Lipinski definition) is 1. The number of rotatable bonds is 3. The molecule has 0 saturated carbocycles. The van der Waals surface area contributed by atoms with Gasteiger partial charge in [-0.2, -0.15) is 0 Å². The van der Waals surface area contributed by atoms with Crippen molar-refractivity contribution >= 4 is 21.0 Å². The molecule has 0 heterocycles. The highest BCUT2D eigenvalue weighted by atomic mass is 28.3. The molecule has 0 aliphatic carbocycles. The summed E-state index contributed by atoms with van der Waals surface area (Å²) in [6.45, 7) is 3.77. The third-order valence-corrected chi connectivity index (χ3v) is 0.566. The van der Waals surface area contributed by atoms with Crippen molar-refractivity contribution in [1.29, 1.82) is 0 Å². The number of hydrogen-bond acceptors (Lipinski definition) is 2. The van der Waals surface area contributed by atoms with Gasteiger partial charge in [-0.1, -0.05) is 6.08 Å². The predicted molar refractivity (Wildman–Crippen MR) is 47.5 cm³/mol. The van der Waals surface area contributed by atoms with Gasteiger partial charge >= 0.3 is 0 Å². The summed E-state index contributed by atoms with van der Waals surface area (Å²) in [7, 11) is 1.86. The normalized spacial score (nSPS) is 8.11. The monoisotopic (exact) mass is 164 g/mol. The highest BCUT2D eigenvalue weighted by Crippen LogP contribution is 1.83. The van der Waals surface area contributed by atoms with Gasteiger partial charge in [-0.25, -0.2) is 0 Å². The van der Waals surface area contributed by atoms with Gasteiger partial charge in [0.15, 0.2) is 0 Å². The predicted octanol–water partition coefficient (Wildman–Crippen LogP) is -1.49. The summed E-state index contributed by atoms with van der Waals surface area (Å²) in [5.74, 6) is 0. The molecule has 0 spiro atoms. The largest absolute Gasteiger partial charge is 0.471 e. The quantitative estimate of drug-likeness (QED) is 0.313. The Kier molecular flexibility index (Phi) is 20.6. The zero-order chi connectivity index (χ0) is 7.54. The first-order chi connectivity index (χ1) is 4.33. The second-order valence-corrected chi connectivity index (χ2v) is 4.83. The molecular weight excluding hydrogens is 148 g/mol. The zero-order valence-corrected chi connectivity index (χ0v) is 10.3. The molecule has 2 nitrogen and oxygen atoms in total. The number of allylic oxidation sites excluding steroid dienone is 1. The van der Waals surface area contributed by atoms with Gasteiger partial charge in [-0.3, -0.25) is 0 Å². The minimum Gasteiger partial charge on any atom is -0.471 e. The topological polar surface area (TPSA) is 29.5 Å². The van der Waals surface area contributed by atoms with Crippen molar-refractivity contribution < 1.29 is 9.22 Å². The van der Waals surface area contributed by atoms with E-state index in [0.29, 0.717) is 0 Å². The minimum absolute atomic E-state index is 0.284. The van der Waals surface area contributed by atoms with Crippen molar-refractivity contribution in [3.8, 4) is 0 Å². The molecule has 0 aromatic heterocycles. The molecule has 0 bridgehead atoms. The highest BCUT2D eigenvalue weighted by molar-refractivity contribution is 6.15. The SMILES string of the molecule is C=CCCCO.[SiH3]O[SiH3]. The Hall–Kier alpha value is 0.0938. The van der Waals surface area contributed by atoms with Gasteiger partial charge in [0.25, 0.3) is 0 Å². The van der Waals surface area contributed by atoms with E-state index in [4.69, 9.17) is 5.11 Å². The number of aliphatic hydroxyl groups is 1. The molecule has 0 atom stereocenters. The van der Waals surface area contributed by atoms with E-state index in [1.807, 2.05) is 0 Å². The summed E-state index contributed by atoms with van der Waals surface area (Å²) in [6, 6.07) is 0. The van der Waals surface area contributed by atoms with Crippen molar-refractivity contribution in [3.05, 3.63) is 12.7 Å². The fourth-order valence-corrected chi connectivity index (χ4v) is 0.236. The molecule has 0 amide bonds. The third-order valence-electron chi connectivity index (χ3n) is 0.566. The smallest absolute Gasteiger partial charge is 0.129 e. The van der Waals surface area contributed by atoms with Crippen molar-refractivity contribution in [3.63, 3.8) is 0 Å². The van der Waals surface area contributed by atoms with Crippen LogP contribution in [-0.4, -0.2) is 32.7 Å². The third kappa shape index (κ3) is 31.4. The van der Waals surface area contributed by atoms with Gasteiger partial charge in [0.1, 0.15) is 21.0 Å². The maximum Gasteiger partial charge on any atom is 0.129 e. The Labute approximate surface area is 63.0 Å². The summed E-state index contributed by atoms with van der Waals surface area (Å²) >= 11 is 0. The lowest BCUT2D eigenvalue weighted by atomic mass is 10.3. The molecule has 0 radical (unpaired) electrons. The maximum absolute atomic E-state index is 8.15. The van der Waals surface area contributed by atoms with Gasteiger partial charge < -0.3 is 9.22 Å². The van der Waals surface area contributed by atoms with Crippen LogP contribution in [0.3, 0.4) is 0 Å². The molecule has 0 saturated heterocycles. The lowest BCUT2D eigenvalue weighted by molar-refractivity contribution is 0.289. The second kappa shape index (κ2) is 15.7. The Balaban J connectivity index is 0. The molecule has 0 aliphatic heterocycles. The number of aliphatic hydroxyl groups excluding tert-OH is 1. The number of unbranched alkanes of at least 4 members (excludes halogenated alkanes) is 1. The first kappa shape index (κ1) is 11.8. The molecular formula is C5H16O2Si2. The van der Waals surface area contributed by atoms with E-state index in [-0.39, 0.29) is 6.61 Å². The van der Waals surface area contributed by atoms with E-state index in [9.17, 15) is 0 Å². The Morgan fingerprint density at radius 3 is 2.11 bits per heavy atom. The standard InChI is InChI=1S/C5H10O.H6OSi2/c1-2-3-4-5-6;2-1-3/h2,6H,1,3-5H2;2-3H3. The van der Waals surface area contributed by atoms with Crippen LogP contribution in [0.25, 0.3) is 0 Å². The lowest BCUT2D eigenvalue weighted by Gasteiger charge is -1.81. The van der Waals surface area contributed by atoms with Crippen molar-refractivity contribution in [2.75, 3.05) is 6.61 Å². The van der Waals surface area contributed by atoms with E-state index in [1.165, 1.54) is 0 Å². The van der Waals surface area contributed by atoms with Crippen molar-refractivity contribution in [2.24, 2.45) is 0 Å². The first-order valence-electron chi connectivity index (χ1n) is 2.95. The molecule has 4 heteroatoms. The molecule has 0 aromatic rings. The average molecular weight is 164 g/mol. The van der Waals surface area contributed by atoms with E-state index in [2.05, 4.69) is 10.7 Å². The molecule has 1 N–H and O–H groups in total. The molecule has 56 valence electrons. The molecule has 0 unspecified atom stereocenters. The van der Waals surface area contributed by atoms with E-state index < -0.39 is 0 Å². The zero-order valence-electron chi connectivity index (χ0n) is 6.26. The first-order valence-corrected chi connectivity index (χ1v) is 4.58. The summed E-state index contributed by atoms with van der Waals surface area (Å²) in [4.78, 5) is 0. The summed E-state index contributed by atoms with van der Waals surface area (Å²) in [5, 5.41) is 8.15. The highest BCUT2D eigenvalue weighted by Gasteiger charge is 1.72. The van der Waals surface area contributed by atoms with Gasteiger partial charge in [-0.15, -0.1) is 6.58 Å². The van der Waals surface area contributed by atoms with Crippen LogP contribution in [0, 0.1) is 0 Å². The van der Waals surface area contributed by atoms with Crippen LogP contribution in [-0.2, 0) is 4.12 Å². The van der Waals surface area contributed by atoms with Gasteiger partial charge in [0.05, 0.1) is 0 Å². The molecule has 0 rings (SSSR count).